The fourth-order valence-electron chi connectivity index (χ4n) is 3.60. The number of nitrogens with zero attached hydrogens (tertiary/aromatic N) is 3. The zero-order chi connectivity index (χ0) is 21.3. The van der Waals surface area contributed by atoms with Gasteiger partial charge in [0, 0.05) is 18.0 Å². The molecule has 0 bridgehead atoms. The normalized spacial score (nSPS) is 15.4. The van der Waals surface area contributed by atoms with Gasteiger partial charge in [0.05, 0.1) is 16.0 Å². The number of hydrogen-bond acceptors (Lipinski definition) is 5. The Kier molecular flexibility index (Phi) is 5.13. The number of aromatic hydroxyl groups is 1. The van der Waals surface area contributed by atoms with Crippen LogP contribution in [0.1, 0.15) is 30.4 Å². The molecule has 1 fully saturated rings. The van der Waals surface area contributed by atoms with E-state index >= 15 is 0 Å². The Morgan fingerprint density at radius 3 is 2.33 bits per heavy atom. The molecule has 7 nitrogen and oxygen atoms in total. The number of halogens is 1. The number of hydrogen-bond donors (Lipinski definition) is 3. The predicted octanol–water partition coefficient (Wildman–Crippen LogP) is 3.66. The van der Waals surface area contributed by atoms with Crippen LogP contribution in [0.3, 0.4) is 0 Å². The van der Waals surface area contributed by atoms with Crippen LogP contribution < -0.4 is 5.73 Å². The number of nitrogen functional groups attached to an aromatic ring is 1. The van der Waals surface area contributed by atoms with Crippen LogP contribution in [-0.4, -0.2) is 31.9 Å². The van der Waals surface area contributed by atoms with E-state index in [4.69, 9.17) is 27.9 Å². The van der Waals surface area contributed by atoms with Gasteiger partial charge in [0.2, 0.25) is 5.95 Å². The first-order valence-electron chi connectivity index (χ1n) is 9.46. The van der Waals surface area contributed by atoms with Crippen molar-refractivity contribution in [3.63, 3.8) is 0 Å². The molecule has 4 rings (SSSR count). The minimum absolute atomic E-state index is 0.0506. The lowest BCUT2D eigenvalue weighted by Gasteiger charge is -2.41. The van der Waals surface area contributed by atoms with E-state index in [0.717, 1.165) is 36.0 Å². The highest BCUT2D eigenvalue weighted by Crippen LogP contribution is 2.45. The van der Waals surface area contributed by atoms with Crippen LogP contribution in [0.5, 0.6) is 5.75 Å². The Morgan fingerprint density at radius 1 is 1.10 bits per heavy atom. The van der Waals surface area contributed by atoms with Crippen molar-refractivity contribution in [2.75, 3.05) is 5.73 Å². The molecular weight excluding hydrogens is 402 g/mol. The average Bonchev–Trinajstić information content (AvgIpc) is 2.70. The molecule has 0 atom stereocenters. The summed E-state index contributed by atoms with van der Waals surface area (Å²) in [6.45, 7) is 0. The van der Waals surface area contributed by atoms with Gasteiger partial charge in [0.15, 0.2) is 0 Å². The fraction of sp³-hybridized carbons (Fsp3) is 0.182. The summed E-state index contributed by atoms with van der Waals surface area (Å²) in [5.74, 6) is 0.289. The first kappa shape index (κ1) is 19.8. The summed E-state index contributed by atoms with van der Waals surface area (Å²) in [5.41, 5.74) is 8.33. The number of anilines is 1. The van der Waals surface area contributed by atoms with Crippen molar-refractivity contribution in [1.82, 2.24) is 9.97 Å². The molecule has 2 aromatic carbocycles. The van der Waals surface area contributed by atoms with Crippen LogP contribution in [-0.2, 0) is 5.41 Å². The van der Waals surface area contributed by atoms with Gasteiger partial charge in [0.1, 0.15) is 11.6 Å². The standard InChI is InChI=1S/C22H20ClN5O2/c23-17-10-14(4-7-18(17)29)19(30)28-20(24)22(8-1-9-22)16-5-2-13(3-6-16)15-11-26-21(25)27-12-15/h2-7,10-12,29H,1,8-9H2,(H2,24,28,30)(H2,25,26,27)/p+1. The van der Waals surface area contributed by atoms with E-state index < -0.39 is 5.41 Å². The van der Waals surface area contributed by atoms with Gasteiger partial charge in [0.25, 0.3) is 0 Å². The molecule has 0 spiro atoms. The molecule has 0 aliphatic heterocycles. The third kappa shape index (κ3) is 3.59. The highest BCUT2D eigenvalue weighted by Gasteiger charge is 2.43. The fourth-order valence-corrected chi connectivity index (χ4v) is 3.78. The van der Waals surface area contributed by atoms with Gasteiger partial charge in [-0.25, -0.2) is 9.97 Å². The summed E-state index contributed by atoms with van der Waals surface area (Å²) in [4.78, 5) is 12.3. The number of nitrogens with two attached hydrogens (primary N) is 1. The molecule has 3 aromatic rings. The van der Waals surface area contributed by atoms with Crippen molar-refractivity contribution >= 4 is 29.3 Å². The number of nitrogens with one attached hydrogen (secondary N) is 1. The average molecular weight is 423 g/mol. The quantitative estimate of drug-likeness (QED) is 0.336. The summed E-state index contributed by atoms with van der Waals surface area (Å²) < 4.78 is 0. The maximum atomic E-state index is 9.56. The highest BCUT2D eigenvalue weighted by atomic mass is 35.5. The molecule has 1 aromatic heterocycles. The van der Waals surface area contributed by atoms with E-state index in [2.05, 4.69) is 15.0 Å². The lowest BCUT2D eigenvalue weighted by Crippen LogP contribution is -2.41. The largest absolute Gasteiger partial charge is 0.578 e. The van der Waals surface area contributed by atoms with Gasteiger partial charge in [-0.3, -0.25) is 5.41 Å². The minimum Gasteiger partial charge on any atom is -0.578 e. The maximum absolute atomic E-state index is 9.56. The van der Waals surface area contributed by atoms with Crippen LogP contribution in [0.25, 0.3) is 11.1 Å². The van der Waals surface area contributed by atoms with Crippen LogP contribution in [0.15, 0.2) is 59.9 Å². The number of amidine groups is 1. The van der Waals surface area contributed by atoms with E-state index in [1.807, 2.05) is 24.3 Å². The Morgan fingerprint density at radius 2 is 1.77 bits per heavy atom. The van der Waals surface area contributed by atoms with Crippen molar-refractivity contribution in [1.29, 1.82) is 5.41 Å². The third-order valence-electron chi connectivity index (χ3n) is 5.55. The Labute approximate surface area is 178 Å². The molecule has 1 saturated carbocycles. The van der Waals surface area contributed by atoms with E-state index in [1.165, 1.54) is 12.1 Å². The van der Waals surface area contributed by atoms with Crippen LogP contribution in [0.4, 0.5) is 5.95 Å². The lowest BCUT2D eigenvalue weighted by molar-refractivity contribution is 0.336. The number of rotatable bonds is 4. The van der Waals surface area contributed by atoms with Gasteiger partial charge in [-0.1, -0.05) is 42.3 Å². The molecule has 30 heavy (non-hydrogen) atoms. The Hall–Kier alpha value is -3.45. The molecular formula is C22H21ClN5O2+. The van der Waals surface area contributed by atoms with Crippen molar-refractivity contribution in [2.24, 2.45) is 4.99 Å². The molecule has 1 heterocycles. The molecule has 0 radical (unpaired) electrons. The van der Waals surface area contributed by atoms with Crippen molar-refractivity contribution in [3.8, 4) is 16.9 Å². The van der Waals surface area contributed by atoms with Crippen LogP contribution in [0.2, 0.25) is 5.02 Å². The molecule has 0 saturated heterocycles. The molecule has 0 unspecified atom stereocenters. The number of phenols is 1. The predicted molar refractivity (Wildman–Crippen MR) is 118 cm³/mol. The molecule has 8 heteroatoms. The summed E-state index contributed by atoms with van der Waals surface area (Å²) in [6, 6.07) is 12.4. The van der Waals surface area contributed by atoms with Gasteiger partial charge < -0.3 is 15.9 Å². The number of aliphatic imine (C=N–C) groups is 1. The van der Waals surface area contributed by atoms with Gasteiger partial charge in [-0.2, -0.15) is 0 Å². The van der Waals surface area contributed by atoms with E-state index in [0.29, 0.717) is 5.56 Å². The Balaban J connectivity index is 1.60. The smallest absolute Gasteiger partial charge is 0.366 e. The number of aromatic nitrogens is 2. The van der Waals surface area contributed by atoms with Gasteiger partial charge >= 0.3 is 5.90 Å². The van der Waals surface area contributed by atoms with E-state index in [1.54, 1.807) is 18.5 Å². The highest BCUT2D eigenvalue weighted by molar-refractivity contribution is 6.32. The molecule has 1 aliphatic carbocycles. The number of phenolic OH excluding ortho intramolecular Hbond substituents is 1. The van der Waals surface area contributed by atoms with Crippen LogP contribution >= 0.6 is 11.6 Å². The summed E-state index contributed by atoms with van der Waals surface area (Å²) in [7, 11) is 0. The minimum atomic E-state index is -0.497. The number of benzene rings is 2. The van der Waals surface area contributed by atoms with Crippen LogP contribution in [0, 0.1) is 5.41 Å². The molecule has 1 aliphatic rings. The zero-order valence-corrected chi connectivity index (χ0v) is 16.8. The maximum Gasteiger partial charge on any atom is 0.366 e. The van der Waals surface area contributed by atoms with Gasteiger partial charge in [-0.05, 0) is 42.2 Å². The summed E-state index contributed by atoms with van der Waals surface area (Å²) in [5, 5.41) is 26.6. The lowest BCUT2D eigenvalue weighted by atomic mass is 9.63. The first-order valence-corrected chi connectivity index (χ1v) is 9.83. The summed E-state index contributed by atoms with van der Waals surface area (Å²) in [6.07, 6.45) is 5.98. The molecule has 0 amide bonds. The third-order valence-corrected chi connectivity index (χ3v) is 5.85. The van der Waals surface area contributed by atoms with Gasteiger partial charge in [-0.15, -0.1) is 4.99 Å². The first-order chi connectivity index (χ1) is 14.4. The second kappa shape index (κ2) is 7.76. The SMILES string of the molecule is N=C(N=C([OH2+])c1ccc(O)c(Cl)c1)C1(c2ccc(-c3cnc(N)nc3)cc2)CCC1. The monoisotopic (exact) mass is 422 g/mol. The molecule has 152 valence electrons. The molecule has 6 N–H and O–H groups in total. The van der Waals surface area contributed by atoms with E-state index in [9.17, 15) is 5.11 Å². The van der Waals surface area contributed by atoms with Crippen molar-refractivity contribution < 1.29 is 10.2 Å². The zero-order valence-electron chi connectivity index (χ0n) is 16.1. The van der Waals surface area contributed by atoms with Crippen molar-refractivity contribution in [3.05, 3.63) is 71.0 Å². The topological polar surface area (TPSA) is 131 Å². The second-order valence-corrected chi connectivity index (χ2v) is 7.73. The van der Waals surface area contributed by atoms with E-state index in [-0.39, 0.29) is 28.5 Å². The summed E-state index contributed by atoms with van der Waals surface area (Å²) >= 11 is 5.93. The second-order valence-electron chi connectivity index (χ2n) is 7.32. The Bertz CT molecular complexity index is 1120. The van der Waals surface area contributed by atoms with Crippen molar-refractivity contribution in [2.45, 2.75) is 24.7 Å².